The van der Waals surface area contributed by atoms with Gasteiger partial charge in [-0.2, -0.15) is 0 Å². The summed E-state index contributed by atoms with van der Waals surface area (Å²) in [6.07, 6.45) is 2.83. The Balaban J connectivity index is 1.97. The number of fused-ring (bicyclic) bond motifs is 1. The Morgan fingerprint density at radius 2 is 2.22 bits per heavy atom. The van der Waals surface area contributed by atoms with Crippen LogP contribution in [-0.2, 0) is 6.42 Å². The second kappa shape index (κ2) is 4.78. The second-order valence-corrected chi connectivity index (χ2v) is 4.44. The molecule has 1 atom stereocenters. The summed E-state index contributed by atoms with van der Waals surface area (Å²) in [5.74, 6) is 1.02. The minimum absolute atomic E-state index is 0.136. The lowest BCUT2D eigenvalue weighted by atomic mass is 10.00. The van der Waals surface area contributed by atoms with Crippen molar-refractivity contribution >= 4 is 0 Å². The molecule has 0 saturated heterocycles. The highest BCUT2D eigenvalue weighted by Gasteiger charge is 2.17. The van der Waals surface area contributed by atoms with Gasteiger partial charge in [-0.3, -0.25) is 4.98 Å². The van der Waals surface area contributed by atoms with Gasteiger partial charge in [0.25, 0.3) is 0 Å². The first kappa shape index (κ1) is 11.2. The SMILES string of the molecule is CNC(c1ccc2c(c1)CCO2)c1ccccn1. The molecule has 2 heterocycles. The Hall–Kier alpha value is -1.87. The van der Waals surface area contributed by atoms with Crippen molar-refractivity contribution in [3.05, 3.63) is 59.4 Å². The molecule has 3 heteroatoms. The zero-order chi connectivity index (χ0) is 12.4. The van der Waals surface area contributed by atoms with Crippen LogP contribution >= 0.6 is 0 Å². The summed E-state index contributed by atoms with van der Waals surface area (Å²) in [5.41, 5.74) is 3.57. The molecule has 0 radical (unpaired) electrons. The predicted octanol–water partition coefficient (Wildman–Crippen LogP) is 2.33. The predicted molar refractivity (Wildman–Crippen MR) is 70.8 cm³/mol. The molecule has 2 aromatic rings. The second-order valence-electron chi connectivity index (χ2n) is 4.44. The van der Waals surface area contributed by atoms with Crippen LogP contribution in [0.1, 0.15) is 22.9 Å². The average Bonchev–Trinajstić information content (AvgIpc) is 2.88. The topological polar surface area (TPSA) is 34.1 Å². The standard InChI is InChI=1S/C15H16N2O/c1-16-15(13-4-2-3-8-17-13)12-5-6-14-11(10-12)7-9-18-14/h2-6,8,10,15-16H,7,9H2,1H3. The van der Waals surface area contributed by atoms with Crippen molar-refractivity contribution in [2.24, 2.45) is 0 Å². The first-order chi connectivity index (χ1) is 8.88. The lowest BCUT2D eigenvalue weighted by molar-refractivity contribution is 0.357. The monoisotopic (exact) mass is 240 g/mol. The summed E-state index contributed by atoms with van der Waals surface area (Å²) in [4.78, 5) is 4.43. The molecule has 3 nitrogen and oxygen atoms in total. The number of ether oxygens (including phenoxy) is 1. The number of nitrogens with one attached hydrogen (secondary N) is 1. The van der Waals surface area contributed by atoms with Gasteiger partial charge in [0.05, 0.1) is 18.3 Å². The number of pyridine rings is 1. The molecule has 0 saturated carbocycles. The minimum Gasteiger partial charge on any atom is -0.493 e. The van der Waals surface area contributed by atoms with Gasteiger partial charge in [0.15, 0.2) is 0 Å². The molecule has 1 aromatic heterocycles. The summed E-state index contributed by atoms with van der Waals surface area (Å²) < 4.78 is 5.54. The summed E-state index contributed by atoms with van der Waals surface area (Å²) in [6.45, 7) is 0.798. The highest BCUT2D eigenvalue weighted by Crippen LogP contribution is 2.29. The van der Waals surface area contributed by atoms with Gasteiger partial charge in [0.1, 0.15) is 5.75 Å². The molecule has 0 spiro atoms. The normalized spacial score (nSPS) is 14.9. The van der Waals surface area contributed by atoms with E-state index in [1.54, 1.807) is 0 Å². The lowest BCUT2D eigenvalue weighted by Gasteiger charge is -2.16. The van der Waals surface area contributed by atoms with Gasteiger partial charge >= 0.3 is 0 Å². The molecular formula is C15H16N2O. The lowest BCUT2D eigenvalue weighted by Crippen LogP contribution is -2.18. The number of rotatable bonds is 3. The van der Waals surface area contributed by atoms with Crippen LogP contribution in [0.3, 0.4) is 0 Å². The van der Waals surface area contributed by atoms with Crippen molar-refractivity contribution in [3.8, 4) is 5.75 Å². The van der Waals surface area contributed by atoms with Crippen molar-refractivity contribution in [2.75, 3.05) is 13.7 Å². The van der Waals surface area contributed by atoms with Crippen LogP contribution in [0.15, 0.2) is 42.6 Å². The molecule has 18 heavy (non-hydrogen) atoms. The van der Waals surface area contributed by atoms with Crippen LogP contribution in [0.5, 0.6) is 5.75 Å². The van der Waals surface area contributed by atoms with E-state index in [0.29, 0.717) is 0 Å². The summed E-state index contributed by atoms with van der Waals surface area (Å²) in [6, 6.07) is 12.5. The Labute approximate surface area is 107 Å². The first-order valence-corrected chi connectivity index (χ1v) is 6.22. The fourth-order valence-corrected chi connectivity index (χ4v) is 2.42. The van der Waals surface area contributed by atoms with E-state index in [1.807, 2.05) is 31.4 Å². The summed E-state index contributed by atoms with van der Waals surface area (Å²) in [5, 5.41) is 3.32. The highest BCUT2D eigenvalue weighted by atomic mass is 16.5. The van der Waals surface area contributed by atoms with Gasteiger partial charge in [-0.25, -0.2) is 0 Å². The first-order valence-electron chi connectivity index (χ1n) is 6.22. The molecule has 92 valence electrons. The maximum absolute atomic E-state index is 5.54. The third-order valence-corrected chi connectivity index (χ3v) is 3.32. The van der Waals surface area contributed by atoms with Gasteiger partial charge in [-0.15, -0.1) is 0 Å². The molecule has 1 N–H and O–H groups in total. The molecular weight excluding hydrogens is 224 g/mol. The summed E-state index contributed by atoms with van der Waals surface area (Å²) in [7, 11) is 1.96. The molecule has 0 fully saturated rings. The highest BCUT2D eigenvalue weighted by molar-refractivity contribution is 5.42. The summed E-state index contributed by atoms with van der Waals surface area (Å²) >= 11 is 0. The Bertz CT molecular complexity index is 539. The van der Waals surface area contributed by atoms with E-state index in [1.165, 1.54) is 11.1 Å². The van der Waals surface area contributed by atoms with E-state index in [-0.39, 0.29) is 6.04 Å². The fraction of sp³-hybridized carbons (Fsp3) is 0.267. The van der Waals surface area contributed by atoms with Crippen molar-refractivity contribution in [1.29, 1.82) is 0 Å². The Kier molecular flexibility index (Phi) is 2.99. The number of nitrogens with zero attached hydrogens (tertiary/aromatic N) is 1. The van der Waals surface area contributed by atoms with Crippen molar-refractivity contribution in [2.45, 2.75) is 12.5 Å². The molecule has 1 aliphatic heterocycles. The van der Waals surface area contributed by atoms with Crippen LogP contribution in [-0.4, -0.2) is 18.6 Å². The number of hydrogen-bond acceptors (Lipinski definition) is 3. The molecule has 1 unspecified atom stereocenters. The fourth-order valence-electron chi connectivity index (χ4n) is 2.42. The van der Waals surface area contributed by atoms with Gasteiger partial charge in [-0.05, 0) is 36.4 Å². The van der Waals surface area contributed by atoms with Crippen molar-refractivity contribution in [1.82, 2.24) is 10.3 Å². The van der Waals surface area contributed by atoms with E-state index in [2.05, 4.69) is 28.5 Å². The van der Waals surface area contributed by atoms with Gasteiger partial charge in [-0.1, -0.05) is 18.2 Å². The van der Waals surface area contributed by atoms with Crippen LogP contribution in [0.4, 0.5) is 0 Å². The number of aromatic nitrogens is 1. The number of hydrogen-bond donors (Lipinski definition) is 1. The average molecular weight is 240 g/mol. The maximum Gasteiger partial charge on any atom is 0.122 e. The van der Waals surface area contributed by atoms with Crippen LogP contribution < -0.4 is 10.1 Å². The van der Waals surface area contributed by atoms with Crippen LogP contribution in [0, 0.1) is 0 Å². The van der Waals surface area contributed by atoms with Crippen molar-refractivity contribution in [3.63, 3.8) is 0 Å². The zero-order valence-corrected chi connectivity index (χ0v) is 10.4. The van der Waals surface area contributed by atoms with E-state index in [4.69, 9.17) is 4.74 Å². The quantitative estimate of drug-likeness (QED) is 0.894. The van der Waals surface area contributed by atoms with Crippen LogP contribution in [0.2, 0.25) is 0 Å². The maximum atomic E-state index is 5.54. The van der Waals surface area contributed by atoms with E-state index in [0.717, 1.165) is 24.5 Å². The van der Waals surface area contributed by atoms with E-state index in [9.17, 15) is 0 Å². The van der Waals surface area contributed by atoms with Gasteiger partial charge in [0.2, 0.25) is 0 Å². The van der Waals surface area contributed by atoms with Gasteiger partial charge < -0.3 is 10.1 Å². The van der Waals surface area contributed by atoms with Gasteiger partial charge in [0, 0.05) is 12.6 Å². The van der Waals surface area contributed by atoms with E-state index >= 15 is 0 Å². The molecule has 3 rings (SSSR count). The molecule has 0 aliphatic carbocycles. The smallest absolute Gasteiger partial charge is 0.122 e. The minimum atomic E-state index is 0.136. The molecule has 1 aliphatic rings. The van der Waals surface area contributed by atoms with Crippen molar-refractivity contribution < 1.29 is 4.74 Å². The molecule has 1 aromatic carbocycles. The largest absolute Gasteiger partial charge is 0.493 e. The third kappa shape index (κ3) is 1.97. The Morgan fingerprint density at radius 1 is 1.28 bits per heavy atom. The molecule has 0 amide bonds. The van der Waals surface area contributed by atoms with Crippen LogP contribution in [0.25, 0.3) is 0 Å². The zero-order valence-electron chi connectivity index (χ0n) is 10.4. The number of benzene rings is 1. The molecule has 0 bridgehead atoms. The van der Waals surface area contributed by atoms with E-state index < -0.39 is 0 Å². The third-order valence-electron chi connectivity index (χ3n) is 3.32. The Morgan fingerprint density at radius 3 is 3.00 bits per heavy atom.